The maximum Gasteiger partial charge on any atom is 0.254 e. The zero-order chi connectivity index (χ0) is 12.1. The summed E-state index contributed by atoms with van der Waals surface area (Å²) in [6.45, 7) is 6.69. The molecule has 1 N–H and O–H groups in total. The van der Waals surface area contributed by atoms with E-state index < -0.39 is 0 Å². The molecule has 0 aliphatic rings. The van der Waals surface area contributed by atoms with Gasteiger partial charge in [-0.3, -0.25) is 4.79 Å². The number of hydrogen-bond acceptors (Lipinski definition) is 2. The van der Waals surface area contributed by atoms with Crippen molar-refractivity contribution in [2.45, 2.75) is 27.2 Å². The summed E-state index contributed by atoms with van der Waals surface area (Å²) in [6.07, 6.45) is 1.04. The minimum Gasteiger partial charge on any atom is -0.352 e. The van der Waals surface area contributed by atoms with E-state index in [1.54, 1.807) is 12.1 Å². The quantitative estimate of drug-likeness (QED) is 0.823. The SMILES string of the molecule is CCC(C)CNC(=O)c1ccc(C)nc1Cl. The number of carbonyl (C=O) groups excluding carboxylic acids is 1. The van der Waals surface area contributed by atoms with Crippen LogP contribution in [0.5, 0.6) is 0 Å². The van der Waals surface area contributed by atoms with Crippen LogP contribution in [0.2, 0.25) is 5.15 Å². The number of nitrogens with zero attached hydrogens (tertiary/aromatic N) is 1. The Labute approximate surface area is 101 Å². The van der Waals surface area contributed by atoms with Crippen molar-refractivity contribution < 1.29 is 4.79 Å². The van der Waals surface area contributed by atoms with Crippen LogP contribution in [0.3, 0.4) is 0 Å². The Kier molecular flexibility index (Phi) is 4.74. The van der Waals surface area contributed by atoms with Gasteiger partial charge in [-0.05, 0) is 25.0 Å². The second kappa shape index (κ2) is 5.85. The molecule has 0 spiro atoms. The van der Waals surface area contributed by atoms with E-state index in [1.165, 1.54) is 0 Å². The second-order valence-electron chi connectivity index (χ2n) is 4.01. The largest absolute Gasteiger partial charge is 0.352 e. The van der Waals surface area contributed by atoms with Gasteiger partial charge >= 0.3 is 0 Å². The van der Waals surface area contributed by atoms with E-state index in [-0.39, 0.29) is 11.1 Å². The molecule has 16 heavy (non-hydrogen) atoms. The molecule has 1 rings (SSSR count). The molecular formula is C12H17ClN2O. The summed E-state index contributed by atoms with van der Waals surface area (Å²) in [5.74, 6) is 0.318. The first kappa shape index (κ1) is 13.0. The lowest BCUT2D eigenvalue weighted by molar-refractivity contribution is 0.0947. The molecule has 1 amide bonds. The van der Waals surface area contributed by atoms with Crippen molar-refractivity contribution in [3.63, 3.8) is 0 Å². The Hall–Kier alpha value is -1.09. The van der Waals surface area contributed by atoms with E-state index in [4.69, 9.17) is 11.6 Å². The Morgan fingerprint density at radius 3 is 2.81 bits per heavy atom. The zero-order valence-electron chi connectivity index (χ0n) is 9.88. The molecule has 0 saturated heterocycles. The summed E-state index contributed by atoms with van der Waals surface area (Å²) >= 11 is 5.90. The maximum atomic E-state index is 11.8. The molecule has 0 radical (unpaired) electrons. The number of pyridine rings is 1. The highest BCUT2D eigenvalue weighted by Crippen LogP contribution is 2.13. The number of carbonyl (C=O) groups is 1. The van der Waals surface area contributed by atoms with Crippen LogP contribution in [0.15, 0.2) is 12.1 Å². The van der Waals surface area contributed by atoms with Gasteiger partial charge in [-0.15, -0.1) is 0 Å². The van der Waals surface area contributed by atoms with Gasteiger partial charge in [0.25, 0.3) is 5.91 Å². The van der Waals surface area contributed by atoms with Crippen LogP contribution in [0, 0.1) is 12.8 Å². The van der Waals surface area contributed by atoms with E-state index in [1.807, 2.05) is 6.92 Å². The fourth-order valence-corrected chi connectivity index (χ4v) is 1.48. The Morgan fingerprint density at radius 2 is 2.25 bits per heavy atom. The molecule has 0 aromatic carbocycles. The monoisotopic (exact) mass is 240 g/mol. The molecule has 0 fully saturated rings. The first-order chi connectivity index (χ1) is 7.54. The van der Waals surface area contributed by atoms with Gasteiger partial charge in [-0.25, -0.2) is 4.98 Å². The van der Waals surface area contributed by atoms with E-state index in [0.717, 1.165) is 12.1 Å². The molecule has 1 heterocycles. The average Bonchev–Trinajstić information content (AvgIpc) is 2.25. The van der Waals surface area contributed by atoms with Crippen molar-refractivity contribution in [2.24, 2.45) is 5.92 Å². The van der Waals surface area contributed by atoms with Gasteiger partial charge in [0.2, 0.25) is 0 Å². The molecule has 1 aromatic rings. The summed E-state index contributed by atoms with van der Waals surface area (Å²) in [6, 6.07) is 3.49. The summed E-state index contributed by atoms with van der Waals surface area (Å²) in [5, 5.41) is 3.11. The lowest BCUT2D eigenvalue weighted by atomic mass is 10.1. The van der Waals surface area contributed by atoms with Crippen LogP contribution in [0.1, 0.15) is 36.3 Å². The van der Waals surface area contributed by atoms with Crippen molar-refractivity contribution in [2.75, 3.05) is 6.54 Å². The molecule has 0 bridgehead atoms. The standard InChI is InChI=1S/C12H17ClN2O/c1-4-8(2)7-14-12(16)10-6-5-9(3)15-11(10)13/h5-6,8H,4,7H2,1-3H3,(H,14,16). The number of hydrogen-bond donors (Lipinski definition) is 1. The van der Waals surface area contributed by atoms with Crippen molar-refractivity contribution in [3.05, 3.63) is 28.5 Å². The summed E-state index contributed by atoms with van der Waals surface area (Å²) in [7, 11) is 0. The molecule has 4 heteroatoms. The highest BCUT2D eigenvalue weighted by atomic mass is 35.5. The van der Waals surface area contributed by atoms with Gasteiger partial charge in [0.1, 0.15) is 5.15 Å². The average molecular weight is 241 g/mol. The summed E-state index contributed by atoms with van der Waals surface area (Å²) < 4.78 is 0. The molecule has 0 aliphatic heterocycles. The third-order valence-corrected chi connectivity index (χ3v) is 2.83. The van der Waals surface area contributed by atoms with Crippen molar-refractivity contribution in [1.29, 1.82) is 0 Å². The van der Waals surface area contributed by atoms with Crippen LogP contribution in [-0.2, 0) is 0 Å². The molecule has 0 aliphatic carbocycles. The molecule has 1 unspecified atom stereocenters. The predicted molar refractivity (Wildman–Crippen MR) is 65.8 cm³/mol. The third-order valence-electron chi connectivity index (χ3n) is 2.54. The lowest BCUT2D eigenvalue weighted by Gasteiger charge is -2.10. The second-order valence-corrected chi connectivity index (χ2v) is 4.37. The Bertz CT molecular complexity index is 379. The number of nitrogens with one attached hydrogen (secondary N) is 1. The van der Waals surface area contributed by atoms with Crippen LogP contribution < -0.4 is 5.32 Å². The predicted octanol–water partition coefficient (Wildman–Crippen LogP) is 2.82. The molecule has 1 atom stereocenters. The van der Waals surface area contributed by atoms with Crippen LogP contribution in [0.4, 0.5) is 0 Å². The number of amides is 1. The molecule has 0 saturated carbocycles. The third kappa shape index (κ3) is 3.49. The first-order valence-corrected chi connectivity index (χ1v) is 5.83. The van der Waals surface area contributed by atoms with Gasteiger partial charge in [-0.1, -0.05) is 31.9 Å². The number of rotatable bonds is 4. The van der Waals surface area contributed by atoms with Gasteiger partial charge < -0.3 is 5.32 Å². The van der Waals surface area contributed by atoms with Crippen molar-refractivity contribution >= 4 is 17.5 Å². The molecular weight excluding hydrogens is 224 g/mol. The number of aromatic nitrogens is 1. The minimum absolute atomic E-state index is 0.155. The van der Waals surface area contributed by atoms with E-state index in [0.29, 0.717) is 18.0 Å². The van der Waals surface area contributed by atoms with E-state index in [9.17, 15) is 4.79 Å². The van der Waals surface area contributed by atoms with Crippen LogP contribution >= 0.6 is 11.6 Å². The van der Waals surface area contributed by atoms with Crippen LogP contribution in [0.25, 0.3) is 0 Å². The maximum absolute atomic E-state index is 11.8. The highest BCUT2D eigenvalue weighted by Gasteiger charge is 2.11. The van der Waals surface area contributed by atoms with Gasteiger partial charge in [0.05, 0.1) is 5.56 Å². The van der Waals surface area contributed by atoms with Gasteiger partial charge in [0.15, 0.2) is 0 Å². The van der Waals surface area contributed by atoms with Crippen molar-refractivity contribution in [3.8, 4) is 0 Å². The first-order valence-electron chi connectivity index (χ1n) is 5.46. The zero-order valence-corrected chi connectivity index (χ0v) is 10.6. The fraction of sp³-hybridized carbons (Fsp3) is 0.500. The fourth-order valence-electron chi connectivity index (χ4n) is 1.20. The summed E-state index contributed by atoms with van der Waals surface area (Å²) in [5.41, 5.74) is 1.25. The molecule has 88 valence electrons. The highest BCUT2D eigenvalue weighted by molar-refractivity contribution is 6.32. The normalized spacial score (nSPS) is 12.2. The Balaban J connectivity index is 2.66. The molecule has 1 aromatic heterocycles. The lowest BCUT2D eigenvalue weighted by Crippen LogP contribution is -2.28. The molecule has 3 nitrogen and oxygen atoms in total. The number of aryl methyl sites for hydroxylation is 1. The van der Waals surface area contributed by atoms with Crippen molar-refractivity contribution in [1.82, 2.24) is 10.3 Å². The van der Waals surface area contributed by atoms with Crippen LogP contribution in [-0.4, -0.2) is 17.4 Å². The minimum atomic E-state index is -0.155. The summed E-state index contributed by atoms with van der Waals surface area (Å²) in [4.78, 5) is 15.8. The topological polar surface area (TPSA) is 42.0 Å². The Morgan fingerprint density at radius 1 is 1.56 bits per heavy atom. The van der Waals surface area contributed by atoms with Gasteiger partial charge in [0, 0.05) is 12.2 Å². The number of halogens is 1. The smallest absolute Gasteiger partial charge is 0.254 e. The van der Waals surface area contributed by atoms with E-state index >= 15 is 0 Å². The van der Waals surface area contributed by atoms with Gasteiger partial charge in [-0.2, -0.15) is 0 Å². The van der Waals surface area contributed by atoms with E-state index in [2.05, 4.69) is 24.1 Å².